The molecule has 1 aliphatic heterocycles. The van der Waals surface area contributed by atoms with Crippen LogP contribution in [0, 0.1) is 5.92 Å². The van der Waals surface area contributed by atoms with E-state index in [1.165, 1.54) is 24.1 Å². The smallest absolute Gasteiger partial charge is 0.416 e. The van der Waals surface area contributed by atoms with Gasteiger partial charge in [-0.25, -0.2) is 0 Å². The summed E-state index contributed by atoms with van der Waals surface area (Å²) in [6.45, 7) is 0.322. The van der Waals surface area contributed by atoms with E-state index in [4.69, 9.17) is 4.74 Å². The Bertz CT molecular complexity index is 676. The van der Waals surface area contributed by atoms with Gasteiger partial charge >= 0.3 is 6.18 Å². The van der Waals surface area contributed by atoms with Crippen molar-refractivity contribution in [3.63, 3.8) is 0 Å². The van der Waals surface area contributed by atoms with Crippen molar-refractivity contribution >= 4 is 17.6 Å². The number of hydrogen-bond donors (Lipinski definition) is 1. The molecular weight excluding hydrogens is 341 g/mol. The van der Waals surface area contributed by atoms with Gasteiger partial charge in [0.15, 0.2) is 0 Å². The molecule has 2 amide bonds. The normalized spacial score (nSPS) is 17.8. The second-order valence-corrected chi connectivity index (χ2v) is 5.62. The van der Waals surface area contributed by atoms with Crippen LogP contribution in [0.15, 0.2) is 24.3 Å². The van der Waals surface area contributed by atoms with E-state index in [2.05, 4.69) is 5.32 Å². The van der Waals surface area contributed by atoms with E-state index in [0.29, 0.717) is 6.42 Å². The summed E-state index contributed by atoms with van der Waals surface area (Å²) in [6.07, 6.45) is -4.10. The molecule has 0 saturated carbocycles. The number of alkyl halides is 3. The van der Waals surface area contributed by atoms with Crippen LogP contribution in [0.4, 0.5) is 13.2 Å². The molecule has 6 nitrogen and oxygen atoms in total. The molecule has 136 valence electrons. The quantitative estimate of drug-likeness (QED) is 0.472. The maximum Gasteiger partial charge on any atom is 0.416 e. The number of amides is 2. The Balaban J connectivity index is 1.73. The van der Waals surface area contributed by atoms with Gasteiger partial charge in [-0.15, -0.1) is 0 Å². The van der Waals surface area contributed by atoms with E-state index in [1.54, 1.807) is 0 Å². The number of ketones is 1. The van der Waals surface area contributed by atoms with Crippen LogP contribution < -0.4 is 10.1 Å². The topological polar surface area (TPSA) is 75.7 Å². The van der Waals surface area contributed by atoms with E-state index in [-0.39, 0.29) is 25.4 Å². The van der Waals surface area contributed by atoms with Gasteiger partial charge in [-0.2, -0.15) is 13.2 Å². The van der Waals surface area contributed by atoms with Gasteiger partial charge in [-0.3, -0.25) is 14.4 Å². The minimum atomic E-state index is -4.44. The Morgan fingerprint density at radius 2 is 2.08 bits per heavy atom. The Hall–Kier alpha value is -2.58. The number of likely N-dealkylation sites (N-methyl/N-ethyl adjacent to an activating group) is 1. The van der Waals surface area contributed by atoms with Gasteiger partial charge in [0.25, 0.3) is 5.91 Å². The lowest BCUT2D eigenvalue weighted by atomic mass is 10.1. The number of Topliss-reactive ketones (excluding diaryl/α,β-unsaturated/α-hetero) is 1. The number of carbonyl (C=O) groups is 3. The highest BCUT2D eigenvalue weighted by atomic mass is 19.4. The standard InChI is InChI=1S/C16H17F3N2O4/c1-21-9-12(13(22)15(21)24)14(23)20-6-3-7-25-11-5-2-4-10(8-11)16(17,18)19/h2,4-5,8,12H,3,6-7,9H2,1H3,(H,20,23). The molecule has 2 rings (SSSR count). The second kappa shape index (κ2) is 7.54. The zero-order chi connectivity index (χ0) is 18.6. The van der Waals surface area contributed by atoms with E-state index in [0.717, 1.165) is 12.1 Å². The lowest BCUT2D eigenvalue weighted by Gasteiger charge is -2.11. The van der Waals surface area contributed by atoms with Crippen molar-refractivity contribution in [3.8, 4) is 5.75 Å². The SMILES string of the molecule is CN1CC(C(=O)NCCCOc2cccc(C(F)(F)F)c2)C(=O)C1=O. The van der Waals surface area contributed by atoms with Gasteiger partial charge in [-0.1, -0.05) is 6.07 Å². The zero-order valence-corrected chi connectivity index (χ0v) is 13.4. The summed E-state index contributed by atoms with van der Waals surface area (Å²) in [6, 6.07) is 4.51. The lowest BCUT2D eigenvalue weighted by Crippen LogP contribution is -2.36. The molecule has 0 bridgehead atoms. The molecule has 1 fully saturated rings. The predicted molar refractivity (Wildman–Crippen MR) is 80.7 cm³/mol. The molecule has 1 saturated heterocycles. The van der Waals surface area contributed by atoms with Crippen molar-refractivity contribution in [1.29, 1.82) is 0 Å². The summed E-state index contributed by atoms with van der Waals surface area (Å²) in [5.74, 6) is -2.89. The highest BCUT2D eigenvalue weighted by Crippen LogP contribution is 2.31. The van der Waals surface area contributed by atoms with Crippen molar-refractivity contribution < 1.29 is 32.3 Å². The monoisotopic (exact) mass is 358 g/mol. The number of carbonyl (C=O) groups excluding carboxylic acids is 3. The van der Waals surface area contributed by atoms with Gasteiger partial charge in [0, 0.05) is 20.1 Å². The molecular formula is C16H17F3N2O4. The lowest BCUT2D eigenvalue weighted by molar-refractivity contribution is -0.142. The third-order valence-corrected chi connectivity index (χ3v) is 3.70. The largest absolute Gasteiger partial charge is 0.494 e. The maximum atomic E-state index is 12.6. The van der Waals surface area contributed by atoms with E-state index in [1.807, 2.05) is 0 Å². The summed E-state index contributed by atoms with van der Waals surface area (Å²) in [5, 5.41) is 2.52. The molecule has 0 spiro atoms. The maximum absolute atomic E-state index is 12.6. The molecule has 1 atom stereocenters. The fourth-order valence-electron chi connectivity index (χ4n) is 2.34. The summed E-state index contributed by atoms with van der Waals surface area (Å²) in [5.41, 5.74) is -0.799. The van der Waals surface area contributed by atoms with Crippen LogP contribution in [0.5, 0.6) is 5.75 Å². The summed E-state index contributed by atoms with van der Waals surface area (Å²) >= 11 is 0. The van der Waals surface area contributed by atoms with Crippen molar-refractivity contribution in [2.24, 2.45) is 5.92 Å². The van der Waals surface area contributed by atoms with Crippen LogP contribution in [0.3, 0.4) is 0 Å². The first-order valence-electron chi connectivity index (χ1n) is 7.57. The molecule has 25 heavy (non-hydrogen) atoms. The summed E-state index contributed by atoms with van der Waals surface area (Å²) < 4.78 is 43.0. The number of rotatable bonds is 6. The molecule has 0 radical (unpaired) electrons. The first kappa shape index (κ1) is 18.8. The van der Waals surface area contributed by atoms with Gasteiger partial charge in [0.05, 0.1) is 12.2 Å². The van der Waals surface area contributed by atoms with E-state index >= 15 is 0 Å². The van der Waals surface area contributed by atoms with Gasteiger partial charge in [0.2, 0.25) is 11.7 Å². The molecule has 9 heteroatoms. The van der Waals surface area contributed by atoms with E-state index < -0.39 is 35.3 Å². The van der Waals surface area contributed by atoms with Crippen molar-refractivity contribution in [2.75, 3.05) is 26.7 Å². The molecule has 1 aliphatic rings. The molecule has 1 N–H and O–H groups in total. The van der Waals surface area contributed by atoms with Crippen LogP contribution in [-0.2, 0) is 20.6 Å². The highest BCUT2D eigenvalue weighted by molar-refractivity contribution is 6.42. The minimum Gasteiger partial charge on any atom is -0.494 e. The van der Waals surface area contributed by atoms with Gasteiger partial charge in [-0.05, 0) is 24.6 Å². The predicted octanol–water partition coefficient (Wildman–Crippen LogP) is 1.25. The number of nitrogens with one attached hydrogen (secondary N) is 1. The Kier molecular flexibility index (Phi) is 5.66. The Labute approximate surface area is 141 Å². The van der Waals surface area contributed by atoms with Crippen LogP contribution in [0.1, 0.15) is 12.0 Å². The molecule has 0 aromatic heterocycles. The van der Waals surface area contributed by atoms with Gasteiger partial charge in [0.1, 0.15) is 11.7 Å². The fraction of sp³-hybridized carbons (Fsp3) is 0.438. The van der Waals surface area contributed by atoms with Crippen LogP contribution in [0.25, 0.3) is 0 Å². The summed E-state index contributed by atoms with van der Waals surface area (Å²) in [4.78, 5) is 36.0. The molecule has 0 aliphatic carbocycles. The Morgan fingerprint density at radius 3 is 2.68 bits per heavy atom. The Morgan fingerprint density at radius 1 is 1.36 bits per heavy atom. The second-order valence-electron chi connectivity index (χ2n) is 5.62. The third-order valence-electron chi connectivity index (χ3n) is 3.70. The highest BCUT2D eigenvalue weighted by Gasteiger charge is 2.41. The molecule has 1 aromatic carbocycles. The average Bonchev–Trinajstić information content (AvgIpc) is 2.81. The number of halogens is 3. The number of nitrogens with zero attached hydrogens (tertiary/aromatic N) is 1. The minimum absolute atomic E-state index is 0.0459. The summed E-state index contributed by atoms with van der Waals surface area (Å²) in [7, 11) is 1.44. The average molecular weight is 358 g/mol. The van der Waals surface area contributed by atoms with Crippen LogP contribution in [0.2, 0.25) is 0 Å². The van der Waals surface area contributed by atoms with E-state index in [9.17, 15) is 27.6 Å². The van der Waals surface area contributed by atoms with Gasteiger partial charge < -0.3 is 15.0 Å². The number of hydrogen-bond acceptors (Lipinski definition) is 4. The van der Waals surface area contributed by atoms with Crippen molar-refractivity contribution in [1.82, 2.24) is 10.2 Å². The van der Waals surface area contributed by atoms with Crippen LogP contribution in [-0.4, -0.2) is 49.2 Å². The molecule has 1 aromatic rings. The molecule has 1 unspecified atom stereocenters. The fourth-order valence-corrected chi connectivity index (χ4v) is 2.34. The number of ether oxygens (including phenoxy) is 1. The van der Waals surface area contributed by atoms with Crippen molar-refractivity contribution in [2.45, 2.75) is 12.6 Å². The first-order chi connectivity index (χ1) is 11.7. The number of benzene rings is 1. The van der Waals surface area contributed by atoms with Crippen molar-refractivity contribution in [3.05, 3.63) is 29.8 Å². The zero-order valence-electron chi connectivity index (χ0n) is 13.4. The first-order valence-corrected chi connectivity index (χ1v) is 7.57. The third kappa shape index (κ3) is 4.71. The molecule has 1 heterocycles. The number of likely N-dealkylation sites (tertiary alicyclic amines) is 1. The van der Waals surface area contributed by atoms with Crippen LogP contribution >= 0.6 is 0 Å².